The Morgan fingerprint density at radius 3 is 1.73 bits per heavy atom. The van der Waals surface area contributed by atoms with E-state index < -0.39 is 38.9 Å². The van der Waals surface area contributed by atoms with Gasteiger partial charge in [0, 0.05) is 16.1 Å². The molecule has 3 aromatic rings. The molecule has 152 valence electrons. The number of halogens is 2. The first-order chi connectivity index (χ1) is 14.3. The molecule has 0 aliphatic rings. The van der Waals surface area contributed by atoms with Crippen molar-refractivity contribution in [2.75, 3.05) is 0 Å². The van der Waals surface area contributed by atoms with Crippen LogP contribution in [-0.4, -0.2) is 15.8 Å². The van der Waals surface area contributed by atoms with Gasteiger partial charge in [0.25, 0.3) is 5.69 Å². The molecule has 0 bridgehead atoms. The van der Waals surface area contributed by atoms with Gasteiger partial charge >= 0.3 is 11.7 Å². The number of nitro benzene ring substituents is 2. The Morgan fingerprint density at radius 2 is 1.30 bits per heavy atom. The summed E-state index contributed by atoms with van der Waals surface area (Å²) in [5.41, 5.74) is -0.107. The summed E-state index contributed by atoms with van der Waals surface area (Å²) >= 11 is 11.8. The highest BCUT2D eigenvalue weighted by Crippen LogP contribution is 2.34. The summed E-state index contributed by atoms with van der Waals surface area (Å²) in [5.74, 6) is -2.14. The molecule has 0 spiro atoms. The first-order valence-corrected chi connectivity index (χ1v) is 9.17. The normalized spacial score (nSPS) is 10.6. The Morgan fingerprint density at radius 1 is 0.800 bits per heavy atom. The van der Waals surface area contributed by atoms with Gasteiger partial charge in [0.1, 0.15) is 5.92 Å². The van der Waals surface area contributed by atoms with E-state index in [-0.39, 0.29) is 0 Å². The third kappa shape index (κ3) is 4.73. The molecule has 0 unspecified atom stereocenters. The Hall–Kier alpha value is -3.49. The Labute approximate surface area is 179 Å². The van der Waals surface area contributed by atoms with Crippen LogP contribution in [0.4, 0.5) is 11.4 Å². The fourth-order valence-corrected chi connectivity index (χ4v) is 3.04. The standard InChI is InChI=1S/C20H12Cl2N2O6/c21-14-5-1-12(2-6-14)19(13-3-7-15(22)8-4-13)20(25)30-18-10-9-16(23(26)27)11-17(18)24(28)29/h1-11,19H. The highest BCUT2D eigenvalue weighted by molar-refractivity contribution is 6.30. The molecule has 10 heteroatoms. The molecule has 3 aromatic carbocycles. The van der Waals surface area contributed by atoms with E-state index in [1.807, 2.05) is 0 Å². The van der Waals surface area contributed by atoms with Gasteiger partial charge in [-0.25, -0.2) is 0 Å². The highest BCUT2D eigenvalue weighted by atomic mass is 35.5. The maximum absolute atomic E-state index is 13.0. The quantitative estimate of drug-likeness (QED) is 0.212. The molecule has 0 N–H and O–H groups in total. The molecule has 0 saturated carbocycles. The van der Waals surface area contributed by atoms with Crippen molar-refractivity contribution in [3.63, 3.8) is 0 Å². The fraction of sp³-hybridized carbons (Fsp3) is 0.0500. The molecule has 0 aliphatic carbocycles. The molecule has 0 aliphatic heterocycles. The van der Waals surface area contributed by atoms with Crippen molar-refractivity contribution in [2.45, 2.75) is 5.92 Å². The van der Waals surface area contributed by atoms with E-state index >= 15 is 0 Å². The number of carbonyl (C=O) groups excluding carboxylic acids is 1. The Kier molecular flexibility index (Phi) is 6.29. The van der Waals surface area contributed by atoms with Crippen molar-refractivity contribution in [1.82, 2.24) is 0 Å². The van der Waals surface area contributed by atoms with Crippen LogP contribution >= 0.6 is 23.2 Å². The maximum Gasteiger partial charge on any atom is 0.323 e. The smallest absolute Gasteiger partial charge is 0.323 e. The number of hydrogen-bond acceptors (Lipinski definition) is 6. The molecule has 30 heavy (non-hydrogen) atoms. The minimum absolute atomic E-state index is 0.400. The van der Waals surface area contributed by atoms with Gasteiger partial charge in [-0.05, 0) is 41.5 Å². The number of benzene rings is 3. The zero-order valence-corrected chi connectivity index (χ0v) is 16.5. The van der Waals surface area contributed by atoms with Gasteiger partial charge < -0.3 is 4.74 Å². The van der Waals surface area contributed by atoms with Gasteiger partial charge in [0.05, 0.1) is 15.9 Å². The van der Waals surface area contributed by atoms with E-state index in [2.05, 4.69) is 0 Å². The van der Waals surface area contributed by atoms with Crippen LogP contribution < -0.4 is 4.74 Å². The fourth-order valence-electron chi connectivity index (χ4n) is 2.79. The van der Waals surface area contributed by atoms with E-state index in [1.165, 1.54) is 0 Å². The lowest BCUT2D eigenvalue weighted by atomic mass is 9.91. The topological polar surface area (TPSA) is 113 Å². The second kappa shape index (κ2) is 8.89. The SMILES string of the molecule is O=C(Oc1ccc([N+](=O)[O-])cc1[N+](=O)[O-])C(c1ccc(Cl)cc1)c1ccc(Cl)cc1. The minimum Gasteiger partial charge on any atom is -0.418 e. The highest BCUT2D eigenvalue weighted by Gasteiger charge is 2.29. The number of hydrogen-bond donors (Lipinski definition) is 0. The first kappa shape index (κ1) is 21.2. The van der Waals surface area contributed by atoms with Crippen LogP contribution in [0, 0.1) is 20.2 Å². The predicted octanol–water partition coefficient (Wildman–Crippen LogP) is 5.55. The van der Waals surface area contributed by atoms with E-state index in [4.69, 9.17) is 27.9 Å². The molecule has 0 atom stereocenters. The minimum atomic E-state index is -0.936. The molecular formula is C20H12Cl2N2O6. The third-order valence-corrected chi connectivity index (χ3v) is 4.71. The monoisotopic (exact) mass is 446 g/mol. The van der Waals surface area contributed by atoms with E-state index in [0.717, 1.165) is 18.2 Å². The lowest BCUT2D eigenvalue weighted by Gasteiger charge is -2.17. The maximum atomic E-state index is 13.0. The third-order valence-electron chi connectivity index (χ3n) is 4.20. The summed E-state index contributed by atoms with van der Waals surface area (Å²) in [4.78, 5) is 33.6. The van der Waals surface area contributed by atoms with Crippen LogP contribution in [-0.2, 0) is 4.79 Å². The van der Waals surface area contributed by atoms with E-state index in [1.54, 1.807) is 48.5 Å². The van der Waals surface area contributed by atoms with Crippen molar-refractivity contribution in [2.24, 2.45) is 0 Å². The first-order valence-electron chi connectivity index (χ1n) is 8.41. The Balaban J connectivity index is 2.02. The number of non-ortho nitro benzene ring substituents is 1. The van der Waals surface area contributed by atoms with Crippen LogP contribution in [0.25, 0.3) is 0 Å². The average molecular weight is 447 g/mol. The number of nitrogens with zero attached hydrogens (tertiary/aromatic N) is 2. The summed E-state index contributed by atoms with van der Waals surface area (Å²) in [6, 6.07) is 15.7. The summed E-state index contributed by atoms with van der Waals surface area (Å²) in [5, 5.41) is 23.2. The van der Waals surface area contributed by atoms with Crippen molar-refractivity contribution in [3.05, 3.63) is 108 Å². The average Bonchev–Trinajstić information content (AvgIpc) is 2.71. The van der Waals surface area contributed by atoms with Crippen LogP contribution in [0.1, 0.15) is 17.0 Å². The lowest BCUT2D eigenvalue weighted by Crippen LogP contribution is -2.20. The van der Waals surface area contributed by atoms with Crippen LogP contribution in [0.2, 0.25) is 10.0 Å². The van der Waals surface area contributed by atoms with Gasteiger partial charge in [-0.3, -0.25) is 25.0 Å². The molecule has 0 aromatic heterocycles. The second-order valence-corrected chi connectivity index (χ2v) is 7.00. The number of esters is 1. The zero-order valence-electron chi connectivity index (χ0n) is 15.0. The van der Waals surface area contributed by atoms with Gasteiger partial charge in [0.15, 0.2) is 0 Å². The van der Waals surface area contributed by atoms with E-state index in [0.29, 0.717) is 21.2 Å². The van der Waals surface area contributed by atoms with Crippen LogP contribution in [0.3, 0.4) is 0 Å². The predicted molar refractivity (Wildman–Crippen MR) is 110 cm³/mol. The second-order valence-electron chi connectivity index (χ2n) is 6.12. The van der Waals surface area contributed by atoms with E-state index in [9.17, 15) is 25.0 Å². The van der Waals surface area contributed by atoms with Crippen LogP contribution in [0.15, 0.2) is 66.7 Å². The number of carbonyl (C=O) groups is 1. The van der Waals surface area contributed by atoms with Gasteiger partial charge in [0.2, 0.25) is 5.75 Å². The molecule has 0 saturated heterocycles. The number of ether oxygens (including phenoxy) is 1. The van der Waals surface area contributed by atoms with Gasteiger partial charge in [-0.2, -0.15) is 0 Å². The van der Waals surface area contributed by atoms with Gasteiger partial charge in [-0.15, -0.1) is 0 Å². The summed E-state index contributed by atoms with van der Waals surface area (Å²) in [7, 11) is 0. The molecular weight excluding hydrogens is 435 g/mol. The zero-order chi connectivity index (χ0) is 21.8. The Bertz CT molecular complexity index is 1070. The lowest BCUT2D eigenvalue weighted by molar-refractivity contribution is -0.394. The molecule has 0 fully saturated rings. The molecule has 0 amide bonds. The molecule has 8 nitrogen and oxygen atoms in total. The largest absolute Gasteiger partial charge is 0.418 e. The number of nitro groups is 2. The van der Waals surface area contributed by atoms with Crippen molar-refractivity contribution in [3.8, 4) is 5.75 Å². The van der Waals surface area contributed by atoms with Crippen molar-refractivity contribution >= 4 is 40.5 Å². The molecule has 0 heterocycles. The van der Waals surface area contributed by atoms with Crippen molar-refractivity contribution < 1.29 is 19.4 Å². The summed E-state index contributed by atoms with van der Waals surface area (Å²) in [6.07, 6.45) is 0. The molecule has 0 radical (unpaired) electrons. The van der Waals surface area contributed by atoms with Crippen molar-refractivity contribution in [1.29, 1.82) is 0 Å². The number of rotatable bonds is 6. The van der Waals surface area contributed by atoms with Gasteiger partial charge in [-0.1, -0.05) is 47.5 Å². The summed E-state index contributed by atoms with van der Waals surface area (Å²) in [6.45, 7) is 0. The van der Waals surface area contributed by atoms with Crippen LogP contribution in [0.5, 0.6) is 5.75 Å². The summed E-state index contributed by atoms with van der Waals surface area (Å²) < 4.78 is 5.30. The molecule has 3 rings (SSSR count).